The van der Waals surface area contributed by atoms with Crippen molar-refractivity contribution in [2.24, 2.45) is 5.92 Å². The largest absolute Gasteiger partial charge is 0.379 e. The van der Waals surface area contributed by atoms with E-state index in [0.29, 0.717) is 75.4 Å². The summed E-state index contributed by atoms with van der Waals surface area (Å²) < 4.78 is 17.4. The van der Waals surface area contributed by atoms with Crippen molar-refractivity contribution in [3.8, 4) is 6.07 Å². The topological polar surface area (TPSA) is 152 Å². The molecule has 2 aromatic rings. The minimum absolute atomic E-state index is 0.0740. The number of nitrogens with one attached hydrogen (secondary N) is 3. The molecule has 11 nitrogen and oxygen atoms in total. The number of aromatic nitrogens is 1. The first kappa shape index (κ1) is 34.4. The maximum Gasteiger partial charge on any atom is 0.224 e. The van der Waals surface area contributed by atoms with Crippen LogP contribution in [0, 0.1) is 17.2 Å². The van der Waals surface area contributed by atoms with Gasteiger partial charge in [-0.2, -0.15) is 5.26 Å². The second-order valence-electron chi connectivity index (χ2n) is 10.6. The van der Waals surface area contributed by atoms with Crippen LogP contribution in [0.2, 0.25) is 0 Å². The summed E-state index contributed by atoms with van der Waals surface area (Å²) in [6, 6.07) is 7.27. The van der Waals surface area contributed by atoms with Crippen molar-refractivity contribution in [3.63, 3.8) is 0 Å². The minimum atomic E-state index is -0.253. The average molecular weight is 616 g/mol. The van der Waals surface area contributed by atoms with Gasteiger partial charge in [0, 0.05) is 50.8 Å². The molecule has 0 aliphatic heterocycles. The Balaban J connectivity index is 1.07. The first-order valence-electron chi connectivity index (χ1n) is 15.4. The number of benzene rings is 1. The molecule has 0 bridgehead atoms. The summed E-state index contributed by atoms with van der Waals surface area (Å²) in [6.45, 7) is 4.15. The normalized spacial score (nSPS) is 14.0. The molecule has 3 rings (SSSR count). The Labute approximate surface area is 258 Å². The van der Waals surface area contributed by atoms with Gasteiger partial charge >= 0.3 is 0 Å². The number of ether oxygens (including phenoxy) is 3. The maximum atomic E-state index is 12.3. The van der Waals surface area contributed by atoms with Gasteiger partial charge in [-0.15, -0.1) is 11.3 Å². The molecule has 0 atom stereocenters. The van der Waals surface area contributed by atoms with Crippen molar-refractivity contribution >= 4 is 45.0 Å². The first-order chi connectivity index (χ1) is 21.0. The Morgan fingerprint density at radius 3 is 2.12 bits per heavy atom. The van der Waals surface area contributed by atoms with Crippen LogP contribution in [0.15, 0.2) is 18.2 Å². The quantitative estimate of drug-likeness (QED) is 0.198. The summed E-state index contributed by atoms with van der Waals surface area (Å²) in [5, 5.41) is 18.0. The summed E-state index contributed by atoms with van der Waals surface area (Å²) in [4.78, 5) is 40.7. The van der Waals surface area contributed by atoms with Crippen molar-refractivity contribution < 1.29 is 28.6 Å². The highest BCUT2D eigenvalue weighted by Crippen LogP contribution is 2.25. The van der Waals surface area contributed by atoms with Gasteiger partial charge in [0.1, 0.15) is 6.07 Å². The number of amides is 3. The predicted octanol–water partition coefficient (Wildman–Crippen LogP) is 4.31. The summed E-state index contributed by atoms with van der Waals surface area (Å²) in [7, 11) is 0. The molecule has 236 valence electrons. The molecule has 1 fully saturated rings. The summed E-state index contributed by atoms with van der Waals surface area (Å²) in [5.41, 5.74) is 1.32. The van der Waals surface area contributed by atoms with Gasteiger partial charge in [0.2, 0.25) is 17.7 Å². The fraction of sp³-hybridized carbons (Fsp3) is 0.645. The summed E-state index contributed by atoms with van der Waals surface area (Å²) >= 11 is 1.26. The van der Waals surface area contributed by atoms with Crippen molar-refractivity contribution in [1.82, 2.24) is 15.6 Å². The molecular formula is C31H45N5O6S. The van der Waals surface area contributed by atoms with Crippen LogP contribution in [0.25, 0.3) is 10.2 Å². The van der Waals surface area contributed by atoms with E-state index in [2.05, 4.69) is 20.9 Å². The molecule has 1 aromatic carbocycles. The lowest BCUT2D eigenvalue weighted by molar-refractivity contribution is -0.125. The van der Waals surface area contributed by atoms with Gasteiger partial charge in [-0.1, -0.05) is 32.1 Å². The Hall–Kier alpha value is -3.11. The van der Waals surface area contributed by atoms with Crippen LogP contribution >= 0.6 is 11.3 Å². The van der Waals surface area contributed by atoms with Crippen LogP contribution in [0.4, 0.5) is 5.69 Å². The molecule has 3 amide bonds. The van der Waals surface area contributed by atoms with E-state index in [-0.39, 0.29) is 36.5 Å². The molecule has 0 saturated heterocycles. The number of rotatable bonds is 19. The van der Waals surface area contributed by atoms with Crippen LogP contribution in [0.3, 0.4) is 0 Å². The highest BCUT2D eigenvalue weighted by molar-refractivity contribution is 7.19. The fourth-order valence-electron chi connectivity index (χ4n) is 4.78. The van der Waals surface area contributed by atoms with Crippen LogP contribution < -0.4 is 16.0 Å². The highest BCUT2D eigenvalue weighted by atomic mass is 32.1. The predicted molar refractivity (Wildman–Crippen MR) is 166 cm³/mol. The average Bonchev–Trinajstić information content (AvgIpc) is 3.40. The second-order valence-corrected chi connectivity index (χ2v) is 11.6. The number of hydrogen-bond donors (Lipinski definition) is 3. The number of hydrogen-bond acceptors (Lipinski definition) is 9. The zero-order chi connectivity index (χ0) is 30.5. The number of thiazole rings is 1. The Morgan fingerprint density at radius 2 is 1.44 bits per heavy atom. The van der Waals surface area contributed by atoms with Gasteiger partial charge in [-0.3, -0.25) is 14.4 Å². The second kappa shape index (κ2) is 20.7. The van der Waals surface area contributed by atoms with Crippen molar-refractivity contribution in [3.05, 3.63) is 23.2 Å². The molecular weight excluding hydrogens is 570 g/mol. The number of nitriles is 1. The molecule has 43 heavy (non-hydrogen) atoms. The van der Waals surface area contributed by atoms with E-state index in [9.17, 15) is 14.4 Å². The lowest BCUT2D eigenvalue weighted by Gasteiger charge is -2.19. The lowest BCUT2D eigenvalue weighted by atomic mass is 9.90. The zero-order valence-electron chi connectivity index (χ0n) is 25.0. The van der Waals surface area contributed by atoms with Crippen LogP contribution in [0.5, 0.6) is 0 Å². The molecule has 0 unspecified atom stereocenters. The van der Waals surface area contributed by atoms with E-state index < -0.39 is 0 Å². The Kier molecular flexibility index (Phi) is 16.6. The molecule has 1 aromatic heterocycles. The molecule has 12 heteroatoms. The first-order valence-corrected chi connectivity index (χ1v) is 16.2. The summed E-state index contributed by atoms with van der Waals surface area (Å²) in [6.07, 6.45) is 9.79. The molecule has 1 heterocycles. The summed E-state index contributed by atoms with van der Waals surface area (Å²) in [5.74, 6) is -0.0576. The van der Waals surface area contributed by atoms with Gasteiger partial charge < -0.3 is 30.2 Å². The van der Waals surface area contributed by atoms with E-state index in [4.69, 9.17) is 19.5 Å². The van der Waals surface area contributed by atoms with E-state index in [0.717, 1.165) is 36.8 Å². The number of carbonyl (C=O) groups is 3. The smallest absolute Gasteiger partial charge is 0.224 e. The third-order valence-corrected chi connectivity index (χ3v) is 8.04. The maximum absolute atomic E-state index is 12.3. The van der Waals surface area contributed by atoms with Crippen molar-refractivity contribution in [1.29, 1.82) is 5.26 Å². The fourth-order valence-corrected chi connectivity index (χ4v) is 5.58. The minimum Gasteiger partial charge on any atom is -0.379 e. The van der Waals surface area contributed by atoms with Gasteiger partial charge in [0.15, 0.2) is 5.01 Å². The third-order valence-electron chi connectivity index (χ3n) is 7.12. The molecule has 1 aliphatic carbocycles. The molecule has 1 aliphatic rings. The Morgan fingerprint density at radius 1 is 0.837 bits per heavy atom. The number of anilines is 1. The molecule has 3 N–H and O–H groups in total. The number of fused-ring (bicyclic) bond motifs is 1. The van der Waals surface area contributed by atoms with Gasteiger partial charge in [0.25, 0.3) is 0 Å². The number of carbonyl (C=O) groups excluding carboxylic acids is 3. The van der Waals surface area contributed by atoms with E-state index in [1.54, 1.807) is 18.2 Å². The third kappa shape index (κ3) is 14.3. The van der Waals surface area contributed by atoms with Crippen LogP contribution in [0.1, 0.15) is 75.6 Å². The van der Waals surface area contributed by atoms with E-state index >= 15 is 0 Å². The van der Waals surface area contributed by atoms with Gasteiger partial charge in [-0.05, 0) is 43.9 Å². The highest BCUT2D eigenvalue weighted by Gasteiger charge is 2.18. The van der Waals surface area contributed by atoms with E-state index in [1.807, 2.05) is 6.07 Å². The van der Waals surface area contributed by atoms with E-state index in [1.165, 1.54) is 30.6 Å². The van der Waals surface area contributed by atoms with Gasteiger partial charge in [-0.25, -0.2) is 4.98 Å². The zero-order valence-corrected chi connectivity index (χ0v) is 25.8. The van der Waals surface area contributed by atoms with Crippen molar-refractivity contribution in [2.45, 2.75) is 70.6 Å². The van der Waals surface area contributed by atoms with Crippen LogP contribution in [-0.4, -0.2) is 75.4 Å². The number of nitrogens with zero attached hydrogens (tertiary/aromatic N) is 2. The lowest BCUT2D eigenvalue weighted by Crippen LogP contribution is -2.32. The SMILES string of the molecule is N#Cc1nc2ccc(NC(=O)CCC(=O)NCCCOCCOCCOCCCNC(=O)C3CCCCCCC3)cc2s1. The van der Waals surface area contributed by atoms with Crippen LogP contribution in [-0.2, 0) is 28.6 Å². The van der Waals surface area contributed by atoms with Crippen molar-refractivity contribution in [2.75, 3.05) is 58.0 Å². The standard InChI is InChI=1S/C31H45N5O6S/c32-23-30-36-26-11-10-25(22-27(26)43-30)35-29(38)13-12-28(37)33-14-6-16-40-18-20-42-21-19-41-17-7-15-34-31(39)24-8-4-2-1-3-5-9-24/h10-11,22,24H,1-9,12-21H2,(H,33,37)(H,34,39)(H,35,38). The molecule has 0 spiro atoms. The molecule has 1 saturated carbocycles. The monoisotopic (exact) mass is 615 g/mol. The van der Waals surface area contributed by atoms with Gasteiger partial charge in [0.05, 0.1) is 36.6 Å². The molecule has 0 radical (unpaired) electrons. The Bertz CT molecular complexity index is 1180.